The maximum Gasteiger partial charge on any atom is 0.401 e. The number of aromatic nitrogens is 1. The lowest BCUT2D eigenvalue weighted by atomic mass is 10.1. The molecule has 1 aliphatic rings. The maximum atomic E-state index is 12.4. The molecule has 2 heterocycles. The van der Waals surface area contributed by atoms with E-state index in [1.54, 1.807) is 18.3 Å². The van der Waals surface area contributed by atoms with Gasteiger partial charge in [-0.15, -0.1) is 0 Å². The average Bonchev–Trinajstić information content (AvgIpc) is 2.93. The van der Waals surface area contributed by atoms with Crippen LogP contribution in [0.5, 0.6) is 5.88 Å². The molecule has 134 valence electrons. The molecule has 0 aliphatic carbocycles. The van der Waals surface area contributed by atoms with Crippen LogP contribution in [0.1, 0.15) is 13.3 Å². The molecule has 0 radical (unpaired) electrons. The zero-order valence-corrected chi connectivity index (χ0v) is 13.4. The third-order valence-corrected chi connectivity index (χ3v) is 3.62. The van der Waals surface area contributed by atoms with Crippen molar-refractivity contribution in [2.45, 2.75) is 19.5 Å². The topological polar surface area (TPSA) is 66.5 Å². The number of nitrogens with zero attached hydrogens (tertiary/aromatic N) is 2. The third kappa shape index (κ3) is 5.88. The van der Waals surface area contributed by atoms with Crippen LogP contribution in [0.3, 0.4) is 0 Å². The Labute approximate surface area is 138 Å². The highest BCUT2D eigenvalue weighted by Gasteiger charge is 2.34. The van der Waals surface area contributed by atoms with Crippen LogP contribution in [0.4, 0.5) is 23.7 Å². The van der Waals surface area contributed by atoms with E-state index in [4.69, 9.17) is 4.74 Å². The number of pyridine rings is 1. The SMILES string of the molecule is CCOc1ncccc1NC(=O)NCC1CCN(CC(F)(F)F)C1. The standard InChI is InChI=1S/C15H21F3N4O2/c1-2-24-13-12(4-3-6-19-13)21-14(23)20-8-11-5-7-22(9-11)10-15(16,17)18/h3-4,6,11H,2,5,7-10H2,1H3,(H2,20,21,23). The van der Waals surface area contributed by atoms with E-state index in [9.17, 15) is 18.0 Å². The lowest BCUT2D eigenvalue weighted by molar-refractivity contribution is -0.143. The Morgan fingerprint density at radius 2 is 2.29 bits per heavy atom. The Hall–Kier alpha value is -2.03. The second-order valence-corrected chi connectivity index (χ2v) is 5.63. The monoisotopic (exact) mass is 346 g/mol. The van der Waals surface area contributed by atoms with E-state index >= 15 is 0 Å². The van der Waals surface area contributed by atoms with E-state index < -0.39 is 18.8 Å². The molecule has 1 saturated heterocycles. The van der Waals surface area contributed by atoms with Crippen molar-refractivity contribution in [3.63, 3.8) is 0 Å². The van der Waals surface area contributed by atoms with Gasteiger partial charge < -0.3 is 15.4 Å². The number of urea groups is 1. The largest absolute Gasteiger partial charge is 0.476 e. The summed E-state index contributed by atoms with van der Waals surface area (Å²) in [6.45, 7) is 2.38. The van der Waals surface area contributed by atoms with Crippen molar-refractivity contribution >= 4 is 11.7 Å². The number of alkyl halides is 3. The quantitative estimate of drug-likeness (QED) is 0.831. The molecule has 2 amide bonds. The van der Waals surface area contributed by atoms with Crippen molar-refractivity contribution in [3.05, 3.63) is 18.3 Å². The summed E-state index contributed by atoms with van der Waals surface area (Å²) >= 11 is 0. The molecule has 24 heavy (non-hydrogen) atoms. The summed E-state index contributed by atoms with van der Waals surface area (Å²) in [7, 11) is 0. The molecule has 1 unspecified atom stereocenters. The number of amides is 2. The minimum atomic E-state index is -4.18. The number of ether oxygens (including phenoxy) is 1. The van der Waals surface area contributed by atoms with Crippen molar-refractivity contribution in [1.82, 2.24) is 15.2 Å². The molecule has 9 heteroatoms. The molecular formula is C15H21F3N4O2. The number of carbonyl (C=O) groups excluding carboxylic acids is 1. The summed E-state index contributed by atoms with van der Waals surface area (Å²) in [4.78, 5) is 17.3. The van der Waals surface area contributed by atoms with Crippen LogP contribution in [0.25, 0.3) is 0 Å². The van der Waals surface area contributed by atoms with Crippen LogP contribution >= 0.6 is 0 Å². The lowest BCUT2D eigenvalue weighted by Gasteiger charge is -2.18. The minimum absolute atomic E-state index is 0.0124. The van der Waals surface area contributed by atoms with Gasteiger partial charge in [0.05, 0.1) is 13.2 Å². The molecule has 6 nitrogen and oxygen atoms in total. The van der Waals surface area contributed by atoms with E-state index in [0.717, 1.165) is 0 Å². The molecule has 2 N–H and O–H groups in total. The summed E-state index contributed by atoms with van der Waals surface area (Å²) in [5.41, 5.74) is 0.446. The highest BCUT2D eigenvalue weighted by molar-refractivity contribution is 5.90. The fourth-order valence-corrected chi connectivity index (χ4v) is 2.62. The first-order chi connectivity index (χ1) is 11.4. The van der Waals surface area contributed by atoms with Crippen LogP contribution in [0, 0.1) is 5.92 Å². The van der Waals surface area contributed by atoms with Gasteiger partial charge in [-0.3, -0.25) is 4.90 Å². The van der Waals surface area contributed by atoms with Crippen molar-refractivity contribution in [3.8, 4) is 5.88 Å². The highest BCUT2D eigenvalue weighted by atomic mass is 19.4. The van der Waals surface area contributed by atoms with Crippen LogP contribution in [-0.2, 0) is 0 Å². The van der Waals surface area contributed by atoms with Crippen LogP contribution in [0.2, 0.25) is 0 Å². The predicted molar refractivity (Wildman–Crippen MR) is 83.0 cm³/mol. The second kappa shape index (κ2) is 8.18. The summed E-state index contributed by atoms with van der Waals surface area (Å²) in [5.74, 6) is 0.339. The molecule has 1 fully saturated rings. The zero-order valence-electron chi connectivity index (χ0n) is 13.4. The normalized spacial score (nSPS) is 18.4. The molecule has 0 spiro atoms. The molecule has 1 atom stereocenters. The first kappa shape index (κ1) is 18.3. The van der Waals surface area contributed by atoms with Gasteiger partial charge in [0.1, 0.15) is 5.69 Å². The number of halogens is 3. The number of anilines is 1. The maximum absolute atomic E-state index is 12.4. The number of nitrogens with one attached hydrogen (secondary N) is 2. The fourth-order valence-electron chi connectivity index (χ4n) is 2.62. The van der Waals surface area contributed by atoms with E-state index in [2.05, 4.69) is 15.6 Å². The summed E-state index contributed by atoms with van der Waals surface area (Å²) in [6.07, 6.45) is -2.00. The Morgan fingerprint density at radius 3 is 3.00 bits per heavy atom. The van der Waals surface area contributed by atoms with E-state index in [1.165, 1.54) is 4.90 Å². The van der Waals surface area contributed by atoms with E-state index in [-0.39, 0.29) is 5.92 Å². The van der Waals surface area contributed by atoms with Crippen LogP contribution in [-0.4, -0.2) is 54.9 Å². The minimum Gasteiger partial charge on any atom is -0.476 e. The van der Waals surface area contributed by atoms with Gasteiger partial charge in [-0.1, -0.05) is 0 Å². The molecular weight excluding hydrogens is 325 g/mol. The Balaban J connectivity index is 1.76. The second-order valence-electron chi connectivity index (χ2n) is 5.63. The van der Waals surface area contributed by atoms with Gasteiger partial charge in [0, 0.05) is 19.3 Å². The van der Waals surface area contributed by atoms with Gasteiger partial charge in [0.15, 0.2) is 0 Å². The summed E-state index contributed by atoms with van der Waals surface area (Å²) in [5, 5.41) is 5.32. The number of likely N-dealkylation sites (tertiary alicyclic amines) is 1. The molecule has 0 saturated carbocycles. The number of carbonyl (C=O) groups is 1. The zero-order chi connectivity index (χ0) is 17.6. The average molecular weight is 346 g/mol. The highest BCUT2D eigenvalue weighted by Crippen LogP contribution is 2.23. The van der Waals surface area contributed by atoms with Gasteiger partial charge in [-0.05, 0) is 37.9 Å². The molecule has 1 aliphatic heterocycles. The molecule has 0 bridgehead atoms. The molecule has 1 aromatic heterocycles. The number of hydrogen-bond donors (Lipinski definition) is 2. The van der Waals surface area contributed by atoms with Gasteiger partial charge >= 0.3 is 12.2 Å². The number of hydrogen-bond acceptors (Lipinski definition) is 4. The van der Waals surface area contributed by atoms with Gasteiger partial charge in [0.2, 0.25) is 5.88 Å². The van der Waals surface area contributed by atoms with Crippen LogP contribution in [0.15, 0.2) is 18.3 Å². The lowest BCUT2D eigenvalue weighted by Crippen LogP contribution is -2.36. The first-order valence-electron chi connectivity index (χ1n) is 7.79. The Bertz CT molecular complexity index is 554. The fraction of sp³-hybridized carbons (Fsp3) is 0.600. The number of rotatable bonds is 6. The first-order valence-corrected chi connectivity index (χ1v) is 7.79. The summed E-state index contributed by atoms with van der Waals surface area (Å²) in [6, 6.07) is 2.90. The van der Waals surface area contributed by atoms with Crippen molar-refractivity contribution in [1.29, 1.82) is 0 Å². The Morgan fingerprint density at radius 1 is 1.50 bits per heavy atom. The smallest absolute Gasteiger partial charge is 0.401 e. The van der Waals surface area contributed by atoms with Crippen molar-refractivity contribution in [2.24, 2.45) is 5.92 Å². The molecule has 0 aromatic carbocycles. The summed E-state index contributed by atoms with van der Waals surface area (Å²) < 4.78 is 42.4. The van der Waals surface area contributed by atoms with Gasteiger partial charge in [-0.2, -0.15) is 13.2 Å². The Kier molecular flexibility index (Phi) is 6.24. The molecule has 2 rings (SSSR count). The van der Waals surface area contributed by atoms with E-state index in [1.807, 2.05) is 6.92 Å². The third-order valence-electron chi connectivity index (χ3n) is 3.62. The molecule has 1 aromatic rings. The van der Waals surface area contributed by atoms with Crippen molar-refractivity contribution in [2.75, 3.05) is 38.1 Å². The van der Waals surface area contributed by atoms with E-state index in [0.29, 0.717) is 44.2 Å². The van der Waals surface area contributed by atoms with Gasteiger partial charge in [-0.25, -0.2) is 9.78 Å². The predicted octanol–water partition coefficient (Wildman–Crippen LogP) is 2.49. The van der Waals surface area contributed by atoms with Gasteiger partial charge in [0.25, 0.3) is 0 Å². The van der Waals surface area contributed by atoms with Crippen molar-refractivity contribution < 1.29 is 22.7 Å². The van der Waals surface area contributed by atoms with Crippen LogP contribution < -0.4 is 15.4 Å².